The Labute approximate surface area is 223 Å². The van der Waals surface area contributed by atoms with E-state index in [1.54, 1.807) is 44.3 Å². The maximum Gasteiger partial charge on any atom is 0.326 e. The molecular formula is C25H34N6O8. The van der Waals surface area contributed by atoms with Crippen LogP contribution < -0.4 is 27.4 Å². The van der Waals surface area contributed by atoms with Crippen LogP contribution in [0, 0.1) is 5.92 Å². The van der Waals surface area contributed by atoms with Crippen LogP contribution in [0.2, 0.25) is 0 Å². The summed E-state index contributed by atoms with van der Waals surface area (Å²) in [4.78, 5) is 76.1. The highest BCUT2D eigenvalue weighted by atomic mass is 16.4. The Kier molecular flexibility index (Phi) is 11.0. The second-order valence-corrected chi connectivity index (χ2v) is 9.46. The number of hydrogen-bond donors (Lipinski definition) is 8. The van der Waals surface area contributed by atoms with Gasteiger partial charge in [0.2, 0.25) is 23.6 Å². The molecule has 14 nitrogen and oxygen atoms in total. The fourth-order valence-corrected chi connectivity index (χ4v) is 3.77. The molecule has 1 aromatic heterocycles. The van der Waals surface area contributed by atoms with E-state index in [4.69, 9.17) is 11.5 Å². The molecule has 0 aliphatic rings. The number of para-hydroxylation sites is 1. The molecule has 4 atom stereocenters. The first-order chi connectivity index (χ1) is 18.3. The van der Waals surface area contributed by atoms with Crippen LogP contribution in [0.4, 0.5) is 0 Å². The van der Waals surface area contributed by atoms with Crippen molar-refractivity contribution < 1.29 is 39.0 Å². The molecule has 10 N–H and O–H groups in total. The molecule has 0 radical (unpaired) electrons. The summed E-state index contributed by atoms with van der Waals surface area (Å²) in [6.07, 6.45) is 0.134. The first-order valence-electron chi connectivity index (χ1n) is 12.2. The number of benzene rings is 1. The number of amides is 4. The molecule has 1 aromatic carbocycles. The SMILES string of the molecule is CC(C)C(N)C(=O)NC(CC(=O)O)C(=O)NC(Cc1c[nH]c2ccccc12)C(=O)NC(CCC(N)=O)C(=O)O. The number of carbonyl (C=O) groups is 6. The molecule has 0 aliphatic heterocycles. The van der Waals surface area contributed by atoms with Gasteiger partial charge in [-0.2, -0.15) is 0 Å². The number of nitrogens with one attached hydrogen (secondary N) is 4. The Hall–Kier alpha value is -4.46. The molecule has 0 saturated carbocycles. The van der Waals surface area contributed by atoms with E-state index >= 15 is 0 Å². The molecule has 4 unspecified atom stereocenters. The van der Waals surface area contributed by atoms with Gasteiger partial charge in [0.25, 0.3) is 0 Å². The van der Waals surface area contributed by atoms with Crippen LogP contribution >= 0.6 is 0 Å². The van der Waals surface area contributed by atoms with Gasteiger partial charge in [-0.3, -0.25) is 24.0 Å². The number of carboxylic acid groups (broad SMARTS) is 2. The van der Waals surface area contributed by atoms with Crippen LogP contribution in [0.1, 0.15) is 38.7 Å². The second-order valence-electron chi connectivity index (χ2n) is 9.46. The third-order valence-corrected chi connectivity index (χ3v) is 6.06. The number of aromatic nitrogens is 1. The van der Waals surface area contributed by atoms with E-state index in [0.29, 0.717) is 5.56 Å². The smallest absolute Gasteiger partial charge is 0.326 e. The van der Waals surface area contributed by atoms with E-state index in [1.807, 2.05) is 0 Å². The summed E-state index contributed by atoms with van der Waals surface area (Å²) in [6, 6.07) is 1.72. The standard InChI is InChI=1S/C25H34N6O8/c1-12(2)21(27)24(37)31-18(10-20(33)34)23(36)30-17(9-13-11-28-15-6-4-3-5-14(13)15)22(35)29-16(25(38)39)7-8-19(26)32/h3-6,11-12,16-18,21,28H,7-10,27H2,1-2H3,(H2,26,32)(H,29,35)(H,30,36)(H,31,37)(H,33,34)(H,38,39). The monoisotopic (exact) mass is 546 g/mol. The van der Waals surface area contributed by atoms with Gasteiger partial charge >= 0.3 is 11.9 Å². The highest BCUT2D eigenvalue weighted by Gasteiger charge is 2.32. The molecular weight excluding hydrogens is 512 g/mol. The summed E-state index contributed by atoms with van der Waals surface area (Å²) in [5, 5.41) is 26.6. The number of fused-ring (bicyclic) bond motifs is 1. The Balaban J connectivity index is 2.34. The Morgan fingerprint density at radius 1 is 0.897 bits per heavy atom. The molecule has 2 aromatic rings. The van der Waals surface area contributed by atoms with Gasteiger partial charge < -0.3 is 42.6 Å². The minimum atomic E-state index is -1.57. The van der Waals surface area contributed by atoms with E-state index < -0.39 is 66.2 Å². The van der Waals surface area contributed by atoms with Crippen molar-refractivity contribution >= 4 is 46.5 Å². The zero-order chi connectivity index (χ0) is 29.3. The molecule has 2 rings (SSSR count). The summed E-state index contributed by atoms with van der Waals surface area (Å²) in [6.45, 7) is 3.35. The number of carbonyl (C=O) groups excluding carboxylic acids is 4. The van der Waals surface area contributed by atoms with Crippen LogP contribution in [0.3, 0.4) is 0 Å². The molecule has 14 heteroatoms. The highest BCUT2D eigenvalue weighted by molar-refractivity contribution is 5.96. The van der Waals surface area contributed by atoms with Crippen molar-refractivity contribution in [2.24, 2.45) is 17.4 Å². The van der Waals surface area contributed by atoms with E-state index in [1.165, 1.54) is 0 Å². The van der Waals surface area contributed by atoms with Crippen LogP contribution in [0.15, 0.2) is 30.5 Å². The van der Waals surface area contributed by atoms with Gasteiger partial charge in [-0.15, -0.1) is 0 Å². The van der Waals surface area contributed by atoms with Crippen LogP contribution in [0.25, 0.3) is 10.9 Å². The number of aliphatic carboxylic acids is 2. The molecule has 0 aliphatic carbocycles. The van der Waals surface area contributed by atoms with Crippen molar-refractivity contribution in [2.75, 3.05) is 0 Å². The summed E-state index contributed by atoms with van der Waals surface area (Å²) < 4.78 is 0. The topological polar surface area (TPSA) is 247 Å². The van der Waals surface area contributed by atoms with Crippen molar-refractivity contribution in [3.05, 3.63) is 36.0 Å². The number of nitrogens with two attached hydrogens (primary N) is 2. The van der Waals surface area contributed by atoms with Gasteiger partial charge in [0.1, 0.15) is 18.1 Å². The van der Waals surface area contributed by atoms with Crippen LogP contribution in [-0.2, 0) is 35.2 Å². The zero-order valence-corrected chi connectivity index (χ0v) is 21.6. The normalized spacial score (nSPS) is 14.2. The van der Waals surface area contributed by atoms with Gasteiger partial charge in [0, 0.05) is 29.9 Å². The van der Waals surface area contributed by atoms with Crippen molar-refractivity contribution in [3.63, 3.8) is 0 Å². The largest absolute Gasteiger partial charge is 0.481 e. The van der Waals surface area contributed by atoms with Crippen LogP contribution in [-0.4, -0.2) is 74.9 Å². The fourth-order valence-electron chi connectivity index (χ4n) is 3.77. The third-order valence-electron chi connectivity index (χ3n) is 6.06. The van der Waals surface area contributed by atoms with E-state index in [9.17, 15) is 39.0 Å². The number of hydrogen-bond acceptors (Lipinski definition) is 7. The number of rotatable bonds is 15. The van der Waals surface area contributed by atoms with Crippen molar-refractivity contribution in [1.29, 1.82) is 0 Å². The highest BCUT2D eigenvalue weighted by Crippen LogP contribution is 2.19. The number of primary amides is 1. The van der Waals surface area contributed by atoms with Gasteiger partial charge in [-0.1, -0.05) is 32.0 Å². The summed E-state index contributed by atoms with van der Waals surface area (Å²) >= 11 is 0. The summed E-state index contributed by atoms with van der Waals surface area (Å²) in [5.41, 5.74) is 12.3. The molecule has 0 spiro atoms. The molecule has 0 bridgehead atoms. The lowest BCUT2D eigenvalue weighted by Gasteiger charge is -2.25. The molecule has 4 amide bonds. The van der Waals surface area contributed by atoms with Gasteiger partial charge in [-0.25, -0.2) is 4.79 Å². The van der Waals surface area contributed by atoms with Crippen molar-refractivity contribution in [2.45, 2.75) is 63.7 Å². The fraction of sp³-hybridized carbons (Fsp3) is 0.440. The Morgan fingerprint density at radius 2 is 1.49 bits per heavy atom. The average molecular weight is 547 g/mol. The third kappa shape index (κ3) is 9.10. The summed E-state index contributed by atoms with van der Waals surface area (Å²) in [7, 11) is 0. The predicted octanol–water partition coefficient (Wildman–Crippen LogP) is -1.03. The summed E-state index contributed by atoms with van der Waals surface area (Å²) in [5.74, 6) is -6.49. The first kappa shape index (κ1) is 30.8. The van der Waals surface area contributed by atoms with E-state index in [0.717, 1.165) is 10.9 Å². The predicted molar refractivity (Wildman–Crippen MR) is 139 cm³/mol. The Morgan fingerprint density at radius 3 is 2.08 bits per heavy atom. The van der Waals surface area contributed by atoms with Gasteiger partial charge in [-0.05, 0) is 24.0 Å². The molecule has 39 heavy (non-hydrogen) atoms. The number of H-pyrrole nitrogens is 1. The number of carboxylic acids is 2. The lowest BCUT2D eigenvalue weighted by Crippen LogP contribution is -2.58. The lowest BCUT2D eigenvalue weighted by molar-refractivity contribution is -0.143. The minimum Gasteiger partial charge on any atom is -0.481 e. The van der Waals surface area contributed by atoms with Crippen molar-refractivity contribution in [3.8, 4) is 0 Å². The van der Waals surface area contributed by atoms with Gasteiger partial charge in [0.15, 0.2) is 0 Å². The average Bonchev–Trinajstić information content (AvgIpc) is 3.27. The van der Waals surface area contributed by atoms with Crippen LogP contribution in [0.5, 0.6) is 0 Å². The quantitative estimate of drug-likeness (QED) is 0.136. The van der Waals surface area contributed by atoms with E-state index in [2.05, 4.69) is 20.9 Å². The molecule has 1 heterocycles. The first-order valence-corrected chi connectivity index (χ1v) is 12.2. The molecule has 212 valence electrons. The maximum absolute atomic E-state index is 13.2. The van der Waals surface area contributed by atoms with E-state index in [-0.39, 0.29) is 25.2 Å². The Bertz CT molecular complexity index is 1230. The maximum atomic E-state index is 13.2. The van der Waals surface area contributed by atoms with Gasteiger partial charge in [0.05, 0.1) is 12.5 Å². The molecule has 0 fully saturated rings. The molecule has 0 saturated heterocycles. The number of aromatic amines is 1. The lowest BCUT2D eigenvalue weighted by atomic mass is 10.0. The second kappa shape index (κ2) is 13.9. The zero-order valence-electron chi connectivity index (χ0n) is 21.6. The van der Waals surface area contributed by atoms with Crippen molar-refractivity contribution in [1.82, 2.24) is 20.9 Å². The minimum absolute atomic E-state index is 0.108.